The Labute approximate surface area is 124 Å². The molecule has 0 aliphatic carbocycles. The lowest BCUT2D eigenvalue weighted by molar-refractivity contribution is 1.05. The molecule has 3 aromatic rings. The first-order valence-electron chi connectivity index (χ1n) is 5.81. The number of aromatic amines is 1. The number of H-pyrrole nitrogens is 1. The monoisotopic (exact) mass is 306 g/mol. The highest BCUT2D eigenvalue weighted by Gasteiger charge is 2.09. The maximum Gasteiger partial charge on any atom is 0.240 e. The van der Waals surface area contributed by atoms with Crippen molar-refractivity contribution in [3.8, 4) is 0 Å². The number of nitrogens with one attached hydrogen (secondary N) is 2. The third-order valence-corrected chi connectivity index (χ3v) is 4.01. The Morgan fingerprint density at radius 1 is 1.25 bits per heavy atom. The summed E-state index contributed by atoms with van der Waals surface area (Å²) in [6, 6.07) is 7.73. The number of rotatable bonds is 4. The van der Waals surface area contributed by atoms with Gasteiger partial charge >= 0.3 is 0 Å². The van der Waals surface area contributed by atoms with E-state index in [1.165, 1.54) is 0 Å². The van der Waals surface area contributed by atoms with E-state index in [1.54, 1.807) is 18.0 Å². The van der Waals surface area contributed by atoms with Gasteiger partial charge < -0.3 is 0 Å². The van der Waals surface area contributed by atoms with Crippen LogP contribution < -0.4 is 11.3 Å². The van der Waals surface area contributed by atoms with E-state index in [1.807, 2.05) is 24.3 Å². The Bertz CT molecular complexity index is 726. The number of nitrogen functional groups attached to an aromatic ring is 1. The lowest BCUT2D eigenvalue weighted by atomic mass is 10.2. The van der Waals surface area contributed by atoms with E-state index in [4.69, 9.17) is 17.4 Å². The maximum absolute atomic E-state index is 5.87. The highest BCUT2D eigenvalue weighted by molar-refractivity contribution is 7.98. The van der Waals surface area contributed by atoms with Gasteiger partial charge in [0.15, 0.2) is 5.65 Å². The van der Waals surface area contributed by atoms with Gasteiger partial charge in [0.05, 0.1) is 11.6 Å². The van der Waals surface area contributed by atoms with Crippen molar-refractivity contribution in [2.45, 2.75) is 10.8 Å². The van der Waals surface area contributed by atoms with E-state index in [9.17, 15) is 0 Å². The van der Waals surface area contributed by atoms with Crippen LogP contribution in [0.3, 0.4) is 0 Å². The fourth-order valence-electron chi connectivity index (χ4n) is 1.72. The van der Waals surface area contributed by atoms with Gasteiger partial charge in [-0.2, -0.15) is 10.1 Å². The molecule has 0 atom stereocenters. The molecule has 0 saturated heterocycles. The van der Waals surface area contributed by atoms with Crippen LogP contribution in [-0.4, -0.2) is 20.2 Å². The van der Waals surface area contributed by atoms with Crippen molar-refractivity contribution >= 4 is 40.3 Å². The summed E-state index contributed by atoms with van der Waals surface area (Å²) in [6.45, 7) is 0. The zero-order chi connectivity index (χ0) is 13.9. The average molecular weight is 307 g/mol. The Morgan fingerprint density at radius 2 is 2.05 bits per heavy atom. The number of halogens is 1. The van der Waals surface area contributed by atoms with Gasteiger partial charge in [-0.05, 0) is 17.7 Å². The quantitative estimate of drug-likeness (QED) is 0.297. The molecule has 0 spiro atoms. The SMILES string of the molecule is NNc1nc(SCc2ccc(Cl)cc2)c2cn[nH]c2n1. The largest absolute Gasteiger partial charge is 0.292 e. The number of aromatic nitrogens is 4. The highest BCUT2D eigenvalue weighted by Crippen LogP contribution is 2.28. The second kappa shape index (κ2) is 5.66. The fraction of sp³-hybridized carbons (Fsp3) is 0.0833. The Hall–Kier alpha value is -1.83. The molecule has 102 valence electrons. The van der Waals surface area contributed by atoms with Gasteiger partial charge in [0.2, 0.25) is 5.95 Å². The van der Waals surface area contributed by atoms with Crippen molar-refractivity contribution in [1.29, 1.82) is 0 Å². The Balaban J connectivity index is 1.86. The molecule has 0 amide bonds. The summed E-state index contributed by atoms with van der Waals surface area (Å²) in [5, 5.41) is 9.22. The van der Waals surface area contributed by atoms with Gasteiger partial charge in [0, 0.05) is 10.8 Å². The summed E-state index contributed by atoms with van der Waals surface area (Å²) in [5.74, 6) is 6.51. The molecule has 6 nitrogen and oxygen atoms in total. The highest BCUT2D eigenvalue weighted by atomic mass is 35.5. The molecular formula is C12H11ClN6S. The molecule has 8 heteroatoms. The van der Waals surface area contributed by atoms with Gasteiger partial charge in [-0.1, -0.05) is 23.7 Å². The summed E-state index contributed by atoms with van der Waals surface area (Å²) in [5.41, 5.74) is 4.28. The molecule has 0 saturated carbocycles. The number of fused-ring (bicyclic) bond motifs is 1. The predicted molar refractivity (Wildman–Crippen MR) is 80.5 cm³/mol. The zero-order valence-electron chi connectivity index (χ0n) is 10.3. The van der Waals surface area contributed by atoms with E-state index in [0.717, 1.165) is 26.8 Å². The van der Waals surface area contributed by atoms with Crippen LogP contribution in [0.4, 0.5) is 5.95 Å². The Morgan fingerprint density at radius 3 is 2.80 bits per heavy atom. The molecule has 2 aromatic heterocycles. The summed E-state index contributed by atoms with van der Waals surface area (Å²) in [6.07, 6.45) is 1.71. The molecule has 2 heterocycles. The number of thioether (sulfide) groups is 1. The smallest absolute Gasteiger partial charge is 0.240 e. The molecule has 3 rings (SSSR count). The number of hydrogen-bond donors (Lipinski definition) is 3. The van der Waals surface area contributed by atoms with Crippen LogP contribution in [0, 0.1) is 0 Å². The van der Waals surface area contributed by atoms with Crippen LogP contribution in [-0.2, 0) is 5.75 Å². The van der Waals surface area contributed by atoms with E-state index in [0.29, 0.717) is 11.6 Å². The number of benzene rings is 1. The first kappa shape index (κ1) is 13.2. The Kier molecular flexibility index (Phi) is 3.72. The summed E-state index contributed by atoms with van der Waals surface area (Å²) in [4.78, 5) is 8.54. The third-order valence-electron chi connectivity index (χ3n) is 2.69. The normalized spacial score (nSPS) is 10.9. The van der Waals surface area contributed by atoms with Crippen LogP contribution >= 0.6 is 23.4 Å². The standard InChI is InChI=1S/C12H11ClN6S/c13-8-3-1-7(2-4-8)6-20-11-9-5-15-19-10(9)16-12(17-11)18-14/h1-5H,6,14H2,(H2,15,16,17,18,19). The van der Waals surface area contributed by atoms with Crippen molar-refractivity contribution in [3.63, 3.8) is 0 Å². The van der Waals surface area contributed by atoms with Crippen molar-refractivity contribution in [2.75, 3.05) is 5.43 Å². The first-order chi connectivity index (χ1) is 9.76. The van der Waals surface area contributed by atoms with Crippen molar-refractivity contribution in [2.24, 2.45) is 5.84 Å². The fourth-order valence-corrected chi connectivity index (χ4v) is 2.79. The third kappa shape index (κ3) is 2.69. The molecule has 0 radical (unpaired) electrons. The van der Waals surface area contributed by atoms with Gasteiger partial charge in [0.25, 0.3) is 0 Å². The van der Waals surface area contributed by atoms with Crippen molar-refractivity contribution in [1.82, 2.24) is 20.2 Å². The lowest BCUT2D eigenvalue weighted by Gasteiger charge is -2.05. The number of hydrazine groups is 1. The van der Waals surface area contributed by atoms with Crippen LogP contribution in [0.2, 0.25) is 5.02 Å². The maximum atomic E-state index is 5.87. The summed E-state index contributed by atoms with van der Waals surface area (Å²) < 4.78 is 0. The summed E-state index contributed by atoms with van der Waals surface area (Å²) >= 11 is 7.46. The molecule has 0 unspecified atom stereocenters. The molecule has 0 bridgehead atoms. The molecule has 20 heavy (non-hydrogen) atoms. The van der Waals surface area contributed by atoms with E-state index >= 15 is 0 Å². The second-order valence-corrected chi connectivity index (χ2v) is 5.44. The zero-order valence-corrected chi connectivity index (χ0v) is 11.9. The molecule has 4 N–H and O–H groups in total. The number of nitrogens with two attached hydrogens (primary N) is 1. The van der Waals surface area contributed by atoms with Gasteiger partial charge in [-0.3, -0.25) is 10.5 Å². The van der Waals surface area contributed by atoms with Gasteiger partial charge in [0.1, 0.15) is 5.03 Å². The van der Waals surface area contributed by atoms with Gasteiger partial charge in [-0.15, -0.1) is 11.8 Å². The summed E-state index contributed by atoms with van der Waals surface area (Å²) in [7, 11) is 0. The number of anilines is 1. The molecule has 0 fully saturated rings. The van der Waals surface area contributed by atoms with Gasteiger partial charge in [-0.25, -0.2) is 10.8 Å². The van der Waals surface area contributed by atoms with Crippen molar-refractivity contribution < 1.29 is 0 Å². The van der Waals surface area contributed by atoms with E-state index in [-0.39, 0.29) is 0 Å². The minimum Gasteiger partial charge on any atom is -0.292 e. The van der Waals surface area contributed by atoms with Crippen molar-refractivity contribution in [3.05, 3.63) is 41.0 Å². The van der Waals surface area contributed by atoms with Crippen LogP contribution in [0.5, 0.6) is 0 Å². The van der Waals surface area contributed by atoms with Crippen LogP contribution in [0.1, 0.15) is 5.56 Å². The first-order valence-corrected chi connectivity index (χ1v) is 7.17. The predicted octanol–water partition coefficient (Wildman–Crippen LogP) is 2.58. The molecule has 0 aliphatic rings. The topological polar surface area (TPSA) is 92.5 Å². The molecule has 1 aromatic carbocycles. The number of nitrogens with zero attached hydrogens (tertiary/aromatic N) is 3. The molecule has 0 aliphatic heterocycles. The van der Waals surface area contributed by atoms with Crippen LogP contribution in [0.15, 0.2) is 35.5 Å². The lowest BCUT2D eigenvalue weighted by Crippen LogP contribution is -2.10. The minimum absolute atomic E-state index is 0.361. The second-order valence-electron chi connectivity index (χ2n) is 4.04. The number of hydrogen-bond acceptors (Lipinski definition) is 6. The molecular weight excluding hydrogens is 296 g/mol. The van der Waals surface area contributed by atoms with E-state index < -0.39 is 0 Å². The minimum atomic E-state index is 0.361. The van der Waals surface area contributed by atoms with E-state index in [2.05, 4.69) is 25.6 Å². The average Bonchev–Trinajstić information content (AvgIpc) is 2.94. The van der Waals surface area contributed by atoms with Crippen LogP contribution in [0.25, 0.3) is 11.0 Å².